The number of methoxy groups -OCH3 is 1. The molecule has 1 aliphatic heterocycles. The first-order valence-corrected chi connectivity index (χ1v) is 10.2. The normalized spacial score (nSPS) is 15.1. The summed E-state index contributed by atoms with van der Waals surface area (Å²) >= 11 is 0. The van der Waals surface area contributed by atoms with Crippen LogP contribution in [0.2, 0.25) is 0 Å². The average molecular weight is 398 g/mol. The van der Waals surface area contributed by atoms with Crippen molar-refractivity contribution in [3.63, 3.8) is 0 Å². The van der Waals surface area contributed by atoms with E-state index in [1.165, 1.54) is 11.1 Å². The van der Waals surface area contributed by atoms with Gasteiger partial charge in [0.15, 0.2) is 0 Å². The molecule has 1 saturated heterocycles. The molecule has 1 heterocycles. The zero-order chi connectivity index (χ0) is 20.6. The van der Waals surface area contributed by atoms with Gasteiger partial charge < -0.3 is 14.8 Å². The van der Waals surface area contributed by atoms with Gasteiger partial charge in [-0.15, -0.1) is 0 Å². The van der Waals surface area contributed by atoms with Crippen molar-refractivity contribution >= 4 is 11.6 Å². The molecule has 29 heavy (non-hydrogen) atoms. The van der Waals surface area contributed by atoms with Crippen LogP contribution < -0.4 is 14.8 Å². The number of anilines is 1. The summed E-state index contributed by atoms with van der Waals surface area (Å²) in [6.07, 6.45) is 0. The SMILES string of the molecule is CCOc1ccc(NC(=O)CN2CCN(Cc3cc(C)ccc3OC)CC2)cc1. The zero-order valence-corrected chi connectivity index (χ0v) is 17.6. The number of ether oxygens (including phenoxy) is 2. The van der Waals surface area contributed by atoms with Crippen LogP contribution in [0.15, 0.2) is 42.5 Å². The van der Waals surface area contributed by atoms with Crippen LogP contribution in [0.4, 0.5) is 5.69 Å². The molecule has 1 amide bonds. The molecule has 6 nitrogen and oxygen atoms in total. The van der Waals surface area contributed by atoms with Gasteiger partial charge in [-0.2, -0.15) is 0 Å². The van der Waals surface area contributed by atoms with E-state index in [-0.39, 0.29) is 5.91 Å². The predicted octanol–water partition coefficient (Wildman–Crippen LogP) is 3.16. The van der Waals surface area contributed by atoms with Crippen LogP contribution in [0.5, 0.6) is 11.5 Å². The number of hydrogen-bond donors (Lipinski definition) is 1. The lowest BCUT2D eigenvalue weighted by Gasteiger charge is -2.34. The van der Waals surface area contributed by atoms with Gasteiger partial charge in [-0.25, -0.2) is 0 Å². The van der Waals surface area contributed by atoms with Crippen molar-refractivity contribution in [2.75, 3.05) is 51.8 Å². The number of aryl methyl sites for hydroxylation is 1. The largest absolute Gasteiger partial charge is 0.496 e. The number of benzene rings is 2. The molecular weight excluding hydrogens is 366 g/mol. The van der Waals surface area contributed by atoms with Gasteiger partial charge in [-0.3, -0.25) is 14.6 Å². The van der Waals surface area contributed by atoms with Crippen LogP contribution in [-0.4, -0.2) is 62.1 Å². The van der Waals surface area contributed by atoms with Gasteiger partial charge >= 0.3 is 0 Å². The number of carbonyl (C=O) groups excluding carboxylic acids is 1. The Bertz CT molecular complexity index is 800. The second-order valence-corrected chi connectivity index (χ2v) is 7.37. The Kier molecular flexibility index (Phi) is 7.49. The molecule has 0 aliphatic carbocycles. The van der Waals surface area contributed by atoms with E-state index in [2.05, 4.69) is 34.2 Å². The summed E-state index contributed by atoms with van der Waals surface area (Å²) < 4.78 is 10.9. The van der Waals surface area contributed by atoms with Crippen molar-refractivity contribution in [2.24, 2.45) is 0 Å². The lowest BCUT2D eigenvalue weighted by atomic mass is 10.1. The Hall–Kier alpha value is -2.57. The number of carbonyl (C=O) groups is 1. The molecule has 0 saturated carbocycles. The first-order valence-electron chi connectivity index (χ1n) is 10.2. The molecule has 0 bridgehead atoms. The molecule has 2 aromatic carbocycles. The Balaban J connectivity index is 1.44. The molecule has 1 aliphatic rings. The molecule has 6 heteroatoms. The van der Waals surface area contributed by atoms with Crippen LogP contribution in [0.3, 0.4) is 0 Å². The highest BCUT2D eigenvalue weighted by Gasteiger charge is 2.20. The minimum Gasteiger partial charge on any atom is -0.496 e. The number of amides is 1. The second kappa shape index (κ2) is 10.3. The summed E-state index contributed by atoms with van der Waals surface area (Å²) in [6.45, 7) is 9.60. The van der Waals surface area contributed by atoms with E-state index in [4.69, 9.17) is 9.47 Å². The summed E-state index contributed by atoms with van der Waals surface area (Å²) in [7, 11) is 1.72. The lowest BCUT2D eigenvalue weighted by Crippen LogP contribution is -2.48. The van der Waals surface area contributed by atoms with E-state index in [1.54, 1.807) is 7.11 Å². The van der Waals surface area contributed by atoms with Crippen LogP contribution in [0, 0.1) is 6.92 Å². The summed E-state index contributed by atoms with van der Waals surface area (Å²) in [4.78, 5) is 17.0. The smallest absolute Gasteiger partial charge is 0.238 e. The summed E-state index contributed by atoms with van der Waals surface area (Å²) in [5.41, 5.74) is 3.25. The second-order valence-electron chi connectivity index (χ2n) is 7.37. The molecule has 0 aromatic heterocycles. The molecule has 0 spiro atoms. The fourth-order valence-corrected chi connectivity index (χ4v) is 3.58. The van der Waals surface area contributed by atoms with E-state index >= 15 is 0 Å². The lowest BCUT2D eigenvalue weighted by molar-refractivity contribution is -0.117. The van der Waals surface area contributed by atoms with Gasteiger partial charge in [0.1, 0.15) is 11.5 Å². The summed E-state index contributed by atoms with van der Waals surface area (Å²) in [6, 6.07) is 13.8. The van der Waals surface area contributed by atoms with Crippen LogP contribution in [0.1, 0.15) is 18.1 Å². The minimum absolute atomic E-state index is 0.0166. The maximum Gasteiger partial charge on any atom is 0.238 e. The standard InChI is InChI=1S/C23H31N3O3/c1-4-29-21-8-6-20(7-9-21)24-23(27)17-26-13-11-25(12-14-26)16-19-15-18(2)5-10-22(19)28-3/h5-10,15H,4,11-14,16-17H2,1-3H3,(H,24,27). The fourth-order valence-electron chi connectivity index (χ4n) is 3.58. The average Bonchev–Trinajstić information content (AvgIpc) is 2.71. The van der Waals surface area contributed by atoms with Crippen molar-refractivity contribution in [1.82, 2.24) is 9.80 Å². The Labute approximate surface area is 173 Å². The van der Waals surface area contributed by atoms with Crippen molar-refractivity contribution in [2.45, 2.75) is 20.4 Å². The molecule has 156 valence electrons. The molecule has 1 fully saturated rings. The first-order chi connectivity index (χ1) is 14.1. The quantitative estimate of drug-likeness (QED) is 0.742. The van der Waals surface area contributed by atoms with Gasteiger partial charge in [-0.05, 0) is 44.2 Å². The topological polar surface area (TPSA) is 54.0 Å². The first kappa shape index (κ1) is 21.1. The Morgan fingerprint density at radius 3 is 2.38 bits per heavy atom. The van der Waals surface area contributed by atoms with Crippen LogP contribution >= 0.6 is 0 Å². The number of nitrogens with zero attached hydrogens (tertiary/aromatic N) is 2. The predicted molar refractivity (Wildman–Crippen MR) is 116 cm³/mol. The maximum atomic E-state index is 12.4. The Morgan fingerprint density at radius 1 is 1.03 bits per heavy atom. The minimum atomic E-state index is 0.0166. The molecule has 0 unspecified atom stereocenters. The summed E-state index contributed by atoms with van der Waals surface area (Å²) in [5, 5.41) is 2.96. The number of piperazine rings is 1. The highest BCUT2D eigenvalue weighted by molar-refractivity contribution is 5.92. The van der Waals surface area contributed by atoms with Crippen molar-refractivity contribution < 1.29 is 14.3 Å². The fraction of sp³-hybridized carbons (Fsp3) is 0.435. The Morgan fingerprint density at radius 2 is 1.72 bits per heavy atom. The highest BCUT2D eigenvalue weighted by Crippen LogP contribution is 2.22. The van der Waals surface area contributed by atoms with Crippen molar-refractivity contribution in [3.8, 4) is 11.5 Å². The van der Waals surface area contributed by atoms with Crippen molar-refractivity contribution in [1.29, 1.82) is 0 Å². The number of nitrogens with one attached hydrogen (secondary N) is 1. The third-order valence-corrected chi connectivity index (χ3v) is 5.11. The van der Waals surface area contributed by atoms with Crippen LogP contribution in [0.25, 0.3) is 0 Å². The zero-order valence-electron chi connectivity index (χ0n) is 17.6. The van der Waals surface area contributed by atoms with E-state index in [0.717, 1.165) is 49.9 Å². The summed E-state index contributed by atoms with van der Waals surface area (Å²) in [5.74, 6) is 1.77. The van der Waals surface area contributed by atoms with Crippen molar-refractivity contribution in [3.05, 3.63) is 53.6 Å². The van der Waals surface area contributed by atoms with E-state index in [9.17, 15) is 4.79 Å². The van der Waals surface area contributed by atoms with Gasteiger partial charge in [0.2, 0.25) is 5.91 Å². The molecule has 3 rings (SSSR count). The molecule has 0 atom stereocenters. The third-order valence-electron chi connectivity index (χ3n) is 5.11. The molecule has 0 radical (unpaired) electrons. The monoisotopic (exact) mass is 397 g/mol. The highest BCUT2D eigenvalue weighted by atomic mass is 16.5. The van der Waals surface area contributed by atoms with E-state index < -0.39 is 0 Å². The van der Waals surface area contributed by atoms with Gasteiger partial charge in [-0.1, -0.05) is 17.7 Å². The molecule has 2 aromatic rings. The maximum absolute atomic E-state index is 12.4. The van der Waals surface area contributed by atoms with Crippen LogP contribution in [-0.2, 0) is 11.3 Å². The van der Waals surface area contributed by atoms with E-state index in [0.29, 0.717) is 13.2 Å². The molecule has 1 N–H and O–H groups in total. The van der Waals surface area contributed by atoms with E-state index in [1.807, 2.05) is 37.3 Å². The van der Waals surface area contributed by atoms with Gasteiger partial charge in [0.05, 0.1) is 20.3 Å². The third kappa shape index (κ3) is 6.21. The number of hydrogen-bond acceptors (Lipinski definition) is 5. The number of rotatable bonds is 8. The van der Waals surface area contributed by atoms with Gasteiger partial charge in [0.25, 0.3) is 0 Å². The van der Waals surface area contributed by atoms with Gasteiger partial charge in [0, 0.05) is 44.0 Å². The molecular formula is C23H31N3O3.